The van der Waals surface area contributed by atoms with Gasteiger partial charge in [-0.05, 0) is 31.2 Å². The molecule has 0 spiro atoms. The van der Waals surface area contributed by atoms with Gasteiger partial charge in [0.25, 0.3) is 5.91 Å². The molecular weight excluding hydrogens is 292 g/mol. The number of methoxy groups -OCH3 is 1. The maximum absolute atomic E-state index is 12.5. The lowest BCUT2D eigenvalue weighted by atomic mass is 10.2. The Morgan fingerprint density at radius 1 is 1.29 bits per heavy atom. The maximum atomic E-state index is 12.5. The Morgan fingerprint density at radius 3 is 2.95 bits per heavy atom. The van der Waals surface area contributed by atoms with Crippen molar-refractivity contribution < 1.29 is 14.3 Å². The van der Waals surface area contributed by atoms with Crippen LogP contribution in [-0.4, -0.2) is 57.3 Å². The number of amides is 1. The Kier molecular flexibility index (Phi) is 8.12. The molecule has 1 aromatic carbocycles. The third kappa shape index (κ3) is 5.53. The second-order valence-corrected chi connectivity index (χ2v) is 4.76. The molecule has 2 rings (SSSR count). The van der Waals surface area contributed by atoms with Gasteiger partial charge < -0.3 is 19.7 Å². The molecule has 5 nitrogen and oxygen atoms in total. The minimum Gasteiger partial charge on any atom is -0.491 e. The Labute approximate surface area is 132 Å². The second-order valence-electron chi connectivity index (χ2n) is 4.76. The molecule has 1 aliphatic rings. The fourth-order valence-electron chi connectivity index (χ4n) is 2.19. The molecule has 0 bridgehead atoms. The van der Waals surface area contributed by atoms with E-state index in [9.17, 15) is 4.79 Å². The zero-order chi connectivity index (χ0) is 14.2. The van der Waals surface area contributed by atoms with Crippen LogP contribution in [0.1, 0.15) is 16.8 Å². The summed E-state index contributed by atoms with van der Waals surface area (Å²) in [6.45, 7) is 4.42. The van der Waals surface area contributed by atoms with Crippen LogP contribution in [0, 0.1) is 0 Å². The normalized spacial score (nSPS) is 15.0. The summed E-state index contributed by atoms with van der Waals surface area (Å²) in [7, 11) is 1.64. The number of ether oxygens (including phenoxy) is 2. The van der Waals surface area contributed by atoms with Crippen LogP contribution in [0.15, 0.2) is 24.3 Å². The van der Waals surface area contributed by atoms with Gasteiger partial charge in [-0.2, -0.15) is 0 Å². The van der Waals surface area contributed by atoms with Crippen molar-refractivity contribution in [1.29, 1.82) is 0 Å². The third-order valence-corrected chi connectivity index (χ3v) is 3.26. The molecule has 118 valence electrons. The number of benzene rings is 1. The highest BCUT2D eigenvalue weighted by Gasteiger charge is 2.17. The van der Waals surface area contributed by atoms with Gasteiger partial charge in [-0.25, -0.2) is 0 Å². The topological polar surface area (TPSA) is 50.8 Å². The lowest BCUT2D eigenvalue weighted by Gasteiger charge is -2.20. The van der Waals surface area contributed by atoms with Crippen molar-refractivity contribution >= 4 is 18.3 Å². The molecule has 1 heterocycles. The van der Waals surface area contributed by atoms with Gasteiger partial charge in [0.1, 0.15) is 12.4 Å². The van der Waals surface area contributed by atoms with Crippen molar-refractivity contribution in [2.75, 3.05) is 46.5 Å². The highest BCUT2D eigenvalue weighted by atomic mass is 35.5. The molecule has 0 aliphatic carbocycles. The van der Waals surface area contributed by atoms with Gasteiger partial charge in [-0.1, -0.05) is 6.07 Å². The number of rotatable bonds is 5. The molecule has 0 radical (unpaired) electrons. The van der Waals surface area contributed by atoms with Gasteiger partial charge in [0, 0.05) is 32.3 Å². The van der Waals surface area contributed by atoms with Gasteiger partial charge in [-0.3, -0.25) is 4.79 Å². The second kappa shape index (κ2) is 9.60. The first kappa shape index (κ1) is 17.8. The van der Waals surface area contributed by atoms with E-state index >= 15 is 0 Å². The van der Waals surface area contributed by atoms with E-state index < -0.39 is 0 Å². The quantitative estimate of drug-likeness (QED) is 0.838. The van der Waals surface area contributed by atoms with E-state index in [1.165, 1.54) is 0 Å². The lowest BCUT2D eigenvalue weighted by molar-refractivity contribution is 0.0765. The third-order valence-electron chi connectivity index (χ3n) is 3.26. The number of nitrogens with zero attached hydrogens (tertiary/aromatic N) is 1. The molecule has 1 amide bonds. The zero-order valence-corrected chi connectivity index (χ0v) is 13.2. The number of carbonyl (C=O) groups excluding carboxylic acids is 1. The monoisotopic (exact) mass is 314 g/mol. The van der Waals surface area contributed by atoms with E-state index in [4.69, 9.17) is 9.47 Å². The van der Waals surface area contributed by atoms with Crippen LogP contribution in [0.5, 0.6) is 5.75 Å². The standard InChI is InChI=1S/C15H22N2O3.ClH/c1-19-10-11-20-14-5-2-4-13(12-14)15(18)17-8-3-6-16-7-9-17;/h2,4-5,12,16H,3,6-11H2,1H3;1H. The number of halogens is 1. The van der Waals surface area contributed by atoms with Gasteiger partial charge in [0.05, 0.1) is 6.61 Å². The highest BCUT2D eigenvalue weighted by molar-refractivity contribution is 5.94. The van der Waals surface area contributed by atoms with E-state index in [2.05, 4.69) is 5.32 Å². The molecule has 0 atom stereocenters. The van der Waals surface area contributed by atoms with Gasteiger partial charge in [0.15, 0.2) is 0 Å². The SMILES string of the molecule is COCCOc1cccc(C(=O)N2CCCNCC2)c1.Cl. The molecule has 1 aromatic rings. The summed E-state index contributed by atoms with van der Waals surface area (Å²) in [5.74, 6) is 0.784. The Morgan fingerprint density at radius 2 is 2.14 bits per heavy atom. The first-order valence-electron chi connectivity index (χ1n) is 7.03. The average Bonchev–Trinajstić information content (AvgIpc) is 2.76. The molecular formula is C15H23ClN2O3. The minimum atomic E-state index is 0. The van der Waals surface area contributed by atoms with Crippen LogP contribution in [0.2, 0.25) is 0 Å². The fraction of sp³-hybridized carbons (Fsp3) is 0.533. The summed E-state index contributed by atoms with van der Waals surface area (Å²) in [6, 6.07) is 7.35. The van der Waals surface area contributed by atoms with Crippen LogP contribution in [0.3, 0.4) is 0 Å². The summed E-state index contributed by atoms with van der Waals surface area (Å²) in [5, 5.41) is 3.30. The van der Waals surface area contributed by atoms with Gasteiger partial charge in [0.2, 0.25) is 0 Å². The van der Waals surface area contributed by atoms with Crippen LogP contribution < -0.4 is 10.1 Å². The van der Waals surface area contributed by atoms with Crippen molar-refractivity contribution in [2.24, 2.45) is 0 Å². The molecule has 1 saturated heterocycles. The van der Waals surface area contributed by atoms with Crippen molar-refractivity contribution in [1.82, 2.24) is 10.2 Å². The van der Waals surface area contributed by atoms with Crippen LogP contribution in [-0.2, 0) is 4.74 Å². The lowest BCUT2D eigenvalue weighted by Crippen LogP contribution is -2.34. The maximum Gasteiger partial charge on any atom is 0.254 e. The van der Waals surface area contributed by atoms with Gasteiger partial charge in [-0.15, -0.1) is 12.4 Å². The smallest absolute Gasteiger partial charge is 0.254 e. The van der Waals surface area contributed by atoms with E-state index in [1.807, 2.05) is 23.1 Å². The average molecular weight is 315 g/mol. The first-order valence-corrected chi connectivity index (χ1v) is 7.03. The summed E-state index contributed by atoms with van der Waals surface area (Å²) < 4.78 is 10.5. The highest BCUT2D eigenvalue weighted by Crippen LogP contribution is 2.15. The predicted molar refractivity (Wildman–Crippen MR) is 84.5 cm³/mol. The molecule has 1 N–H and O–H groups in total. The molecule has 6 heteroatoms. The number of hydrogen-bond donors (Lipinski definition) is 1. The first-order chi connectivity index (χ1) is 9.81. The van der Waals surface area contributed by atoms with Crippen molar-refractivity contribution in [3.63, 3.8) is 0 Å². The van der Waals surface area contributed by atoms with E-state index in [0.717, 1.165) is 32.6 Å². The molecule has 0 saturated carbocycles. The number of hydrogen-bond acceptors (Lipinski definition) is 4. The van der Waals surface area contributed by atoms with E-state index in [1.54, 1.807) is 13.2 Å². The summed E-state index contributed by atoms with van der Waals surface area (Å²) in [4.78, 5) is 14.3. The van der Waals surface area contributed by atoms with E-state index in [-0.39, 0.29) is 18.3 Å². The minimum absolute atomic E-state index is 0. The Bertz CT molecular complexity index is 435. The van der Waals surface area contributed by atoms with Crippen molar-refractivity contribution in [3.05, 3.63) is 29.8 Å². The summed E-state index contributed by atoms with van der Waals surface area (Å²) in [5.41, 5.74) is 0.682. The van der Waals surface area contributed by atoms with Crippen molar-refractivity contribution in [2.45, 2.75) is 6.42 Å². The summed E-state index contributed by atoms with van der Waals surface area (Å²) >= 11 is 0. The fourth-order valence-corrected chi connectivity index (χ4v) is 2.19. The van der Waals surface area contributed by atoms with Crippen LogP contribution in [0.25, 0.3) is 0 Å². The Hall–Kier alpha value is -1.30. The predicted octanol–water partition coefficient (Wildman–Crippen LogP) is 1.57. The molecule has 0 unspecified atom stereocenters. The molecule has 1 aliphatic heterocycles. The molecule has 0 aromatic heterocycles. The van der Waals surface area contributed by atoms with E-state index in [0.29, 0.717) is 24.5 Å². The Balaban J connectivity index is 0.00000220. The van der Waals surface area contributed by atoms with Gasteiger partial charge >= 0.3 is 0 Å². The number of carbonyl (C=O) groups is 1. The zero-order valence-electron chi connectivity index (χ0n) is 12.3. The molecule has 1 fully saturated rings. The largest absolute Gasteiger partial charge is 0.491 e. The van der Waals surface area contributed by atoms with Crippen LogP contribution in [0.4, 0.5) is 0 Å². The number of nitrogens with one attached hydrogen (secondary N) is 1. The van der Waals surface area contributed by atoms with Crippen LogP contribution >= 0.6 is 12.4 Å². The summed E-state index contributed by atoms with van der Waals surface area (Å²) in [6.07, 6.45) is 0.996. The molecule has 21 heavy (non-hydrogen) atoms. The van der Waals surface area contributed by atoms with Crippen molar-refractivity contribution in [3.8, 4) is 5.75 Å².